The minimum Gasteiger partial charge on any atom is -0.481 e. The molecule has 1 aliphatic carbocycles. The fourth-order valence-corrected chi connectivity index (χ4v) is 8.80. The number of carbonyl (C=O) groups excluding carboxylic acids is 1. The number of benzene rings is 2. The van der Waals surface area contributed by atoms with Crippen molar-refractivity contribution >= 4 is 51.5 Å². The topological polar surface area (TPSA) is 123 Å². The van der Waals surface area contributed by atoms with Crippen LogP contribution in [0.25, 0.3) is 33.3 Å². The molecule has 2 aliphatic heterocycles. The Morgan fingerprint density at radius 1 is 0.962 bits per heavy atom. The van der Waals surface area contributed by atoms with E-state index in [-0.39, 0.29) is 44.9 Å². The maximum Gasteiger partial charge on any atom is 0.330 e. The summed E-state index contributed by atoms with van der Waals surface area (Å²) in [6.45, 7) is 1.69. The summed E-state index contributed by atoms with van der Waals surface area (Å²) in [6, 6.07) is 13.9. The van der Waals surface area contributed by atoms with Gasteiger partial charge in [-0.3, -0.25) is 23.6 Å². The smallest absolute Gasteiger partial charge is 0.330 e. The van der Waals surface area contributed by atoms with E-state index in [1.54, 1.807) is 25.3 Å². The second-order valence-corrected chi connectivity index (χ2v) is 14.7. The SMILES string of the molecule is COc1nc(-c2cccc(-c3cccc(Nc4nc(C(F)F)cc5c4c(=O)n(C)c(=O)n5C)c3Cl)c2Cl)cc2c1C(N1CCC3(CCC(=O)N3)C1)CC2. The molecule has 15 heteroatoms. The molecule has 2 N–H and O–H groups in total. The fourth-order valence-electron chi connectivity index (χ4n) is 8.20. The van der Waals surface area contributed by atoms with Gasteiger partial charge in [-0.25, -0.2) is 23.5 Å². The van der Waals surface area contributed by atoms with Crippen LogP contribution in [-0.4, -0.2) is 55.6 Å². The molecule has 3 aromatic heterocycles. The molecule has 0 saturated carbocycles. The Labute approximate surface area is 312 Å². The van der Waals surface area contributed by atoms with Crippen LogP contribution in [0.2, 0.25) is 10.0 Å². The van der Waals surface area contributed by atoms with Gasteiger partial charge in [0.05, 0.1) is 39.6 Å². The highest BCUT2D eigenvalue weighted by molar-refractivity contribution is 6.39. The average Bonchev–Trinajstić information content (AvgIpc) is 3.87. The van der Waals surface area contributed by atoms with E-state index >= 15 is 0 Å². The molecular formula is C38H35Cl2F2N7O4. The molecular weight excluding hydrogens is 727 g/mol. The van der Waals surface area contributed by atoms with E-state index in [0.29, 0.717) is 39.7 Å². The molecule has 2 aromatic carbocycles. The van der Waals surface area contributed by atoms with Crippen LogP contribution >= 0.6 is 23.2 Å². The number of halogens is 4. The third kappa shape index (κ3) is 5.85. The van der Waals surface area contributed by atoms with Crippen molar-refractivity contribution in [3.05, 3.63) is 96.2 Å². The third-order valence-corrected chi connectivity index (χ3v) is 11.7. The molecule has 1 amide bonds. The van der Waals surface area contributed by atoms with Crippen LogP contribution in [0.4, 0.5) is 20.3 Å². The summed E-state index contributed by atoms with van der Waals surface area (Å²) in [5.41, 5.74) is 2.80. The van der Waals surface area contributed by atoms with Gasteiger partial charge in [-0.2, -0.15) is 0 Å². The number of ether oxygens (including phenoxy) is 1. The van der Waals surface area contributed by atoms with Crippen LogP contribution in [0, 0.1) is 0 Å². The van der Waals surface area contributed by atoms with E-state index in [9.17, 15) is 23.2 Å². The zero-order valence-electron chi connectivity index (χ0n) is 29.1. The molecule has 2 saturated heterocycles. The lowest BCUT2D eigenvalue weighted by Crippen LogP contribution is -2.44. The van der Waals surface area contributed by atoms with E-state index in [1.807, 2.05) is 18.2 Å². The molecule has 0 bridgehead atoms. The van der Waals surface area contributed by atoms with Gasteiger partial charge in [-0.05, 0) is 49.4 Å². The Balaban J connectivity index is 1.15. The number of rotatable bonds is 7. The summed E-state index contributed by atoms with van der Waals surface area (Å²) >= 11 is 14.2. The molecule has 2 fully saturated rings. The van der Waals surface area contributed by atoms with Gasteiger partial charge in [0.1, 0.15) is 16.9 Å². The molecule has 2 unspecified atom stereocenters. The van der Waals surface area contributed by atoms with Gasteiger partial charge in [-0.15, -0.1) is 0 Å². The summed E-state index contributed by atoms with van der Waals surface area (Å²) in [4.78, 5) is 49.4. The van der Waals surface area contributed by atoms with Gasteiger partial charge >= 0.3 is 5.69 Å². The number of aromatic nitrogens is 4. The standard InChI is InChI=1S/C38H35Cl2F2N7O4/c1-47-27-17-25(33(41)42)44-34(30(27)36(51)48(2)37(47)52)43-23-9-5-7-21(32(23)40)20-6-4-8-22(31(20)39)24-16-19-10-11-26(29(19)35(45-24)53-3)49-15-14-38(18-49)13-12-28(50)46-38/h4-9,16-17,26,33H,10-15,18H2,1-3H3,(H,43,44)(H,46,50). The number of anilines is 2. The van der Waals surface area contributed by atoms with Crippen molar-refractivity contribution in [2.24, 2.45) is 14.1 Å². The molecule has 5 heterocycles. The maximum atomic E-state index is 14.0. The molecule has 0 radical (unpaired) electrons. The van der Waals surface area contributed by atoms with Gasteiger partial charge in [0.15, 0.2) is 0 Å². The first-order chi connectivity index (χ1) is 25.4. The summed E-state index contributed by atoms with van der Waals surface area (Å²) in [7, 11) is 4.32. The van der Waals surface area contributed by atoms with E-state index in [4.69, 9.17) is 32.9 Å². The molecule has 8 rings (SSSR count). The fraction of sp³-hybridized carbons (Fsp3) is 0.342. The number of methoxy groups -OCH3 is 1. The number of aryl methyl sites for hydroxylation is 2. The summed E-state index contributed by atoms with van der Waals surface area (Å²) in [5.74, 6) is 0.492. The molecule has 53 heavy (non-hydrogen) atoms. The van der Waals surface area contributed by atoms with Gasteiger partial charge in [0.2, 0.25) is 11.8 Å². The first-order valence-electron chi connectivity index (χ1n) is 17.3. The molecule has 274 valence electrons. The zero-order chi connectivity index (χ0) is 37.3. The second-order valence-electron chi connectivity index (χ2n) is 13.9. The van der Waals surface area contributed by atoms with E-state index in [1.165, 1.54) is 14.1 Å². The summed E-state index contributed by atoms with van der Waals surface area (Å²) in [5, 5.41) is 6.76. The summed E-state index contributed by atoms with van der Waals surface area (Å²) in [6.07, 6.45) is 1.14. The highest BCUT2D eigenvalue weighted by Gasteiger charge is 2.46. The third-order valence-electron chi connectivity index (χ3n) is 10.9. The lowest BCUT2D eigenvalue weighted by molar-refractivity contribution is -0.119. The number of hydrogen-bond donors (Lipinski definition) is 2. The Kier molecular flexibility index (Phi) is 8.78. The lowest BCUT2D eigenvalue weighted by Gasteiger charge is -2.28. The monoisotopic (exact) mass is 761 g/mol. The Morgan fingerprint density at radius 3 is 2.42 bits per heavy atom. The average molecular weight is 763 g/mol. The minimum atomic E-state index is -2.96. The number of likely N-dealkylation sites (tertiary alicyclic amines) is 1. The van der Waals surface area contributed by atoms with Gasteiger partial charge in [0, 0.05) is 61.9 Å². The number of alkyl halides is 2. The van der Waals surface area contributed by atoms with Crippen molar-refractivity contribution in [1.82, 2.24) is 29.3 Å². The van der Waals surface area contributed by atoms with Crippen LogP contribution in [0.1, 0.15) is 55.0 Å². The van der Waals surface area contributed by atoms with Crippen molar-refractivity contribution in [3.63, 3.8) is 0 Å². The number of fused-ring (bicyclic) bond motifs is 2. The largest absolute Gasteiger partial charge is 0.481 e. The molecule has 5 aromatic rings. The van der Waals surface area contributed by atoms with Crippen LogP contribution in [-0.2, 0) is 25.3 Å². The van der Waals surface area contributed by atoms with Crippen LogP contribution < -0.4 is 26.6 Å². The van der Waals surface area contributed by atoms with Gasteiger partial charge in [-0.1, -0.05) is 53.5 Å². The molecule has 3 aliphatic rings. The number of pyridine rings is 2. The minimum absolute atomic E-state index is 0.00387. The van der Waals surface area contributed by atoms with E-state index < -0.39 is 23.4 Å². The quantitative estimate of drug-likeness (QED) is 0.188. The van der Waals surface area contributed by atoms with E-state index in [2.05, 4.69) is 26.6 Å². The molecule has 1 spiro atoms. The van der Waals surface area contributed by atoms with Crippen LogP contribution in [0.5, 0.6) is 5.88 Å². The van der Waals surface area contributed by atoms with Crippen LogP contribution in [0.15, 0.2) is 58.1 Å². The van der Waals surface area contributed by atoms with Crippen molar-refractivity contribution in [1.29, 1.82) is 0 Å². The Hall–Kier alpha value is -4.85. The van der Waals surface area contributed by atoms with Crippen molar-refractivity contribution in [3.8, 4) is 28.3 Å². The first-order valence-corrected chi connectivity index (χ1v) is 18.0. The highest BCUT2D eigenvalue weighted by Crippen LogP contribution is 2.47. The van der Waals surface area contributed by atoms with E-state index in [0.717, 1.165) is 65.1 Å². The molecule has 2 atom stereocenters. The highest BCUT2D eigenvalue weighted by atomic mass is 35.5. The van der Waals surface area contributed by atoms with Gasteiger partial charge < -0.3 is 15.4 Å². The maximum absolute atomic E-state index is 14.0. The number of amides is 1. The zero-order valence-corrected chi connectivity index (χ0v) is 30.6. The normalized spacial score (nSPS) is 19.8. The Morgan fingerprint density at radius 2 is 1.70 bits per heavy atom. The van der Waals surface area contributed by atoms with Gasteiger partial charge in [0.25, 0.3) is 12.0 Å². The Bertz CT molecular complexity index is 2470. The van der Waals surface area contributed by atoms with Crippen molar-refractivity contribution in [2.75, 3.05) is 25.5 Å². The summed E-state index contributed by atoms with van der Waals surface area (Å²) < 4.78 is 35.8. The second kappa shape index (κ2) is 13.2. The lowest BCUT2D eigenvalue weighted by atomic mass is 9.97. The predicted octanol–water partition coefficient (Wildman–Crippen LogP) is 6.70. The van der Waals surface area contributed by atoms with Crippen molar-refractivity contribution in [2.45, 2.75) is 50.1 Å². The van der Waals surface area contributed by atoms with Crippen molar-refractivity contribution < 1.29 is 18.3 Å². The van der Waals surface area contributed by atoms with Crippen LogP contribution in [0.3, 0.4) is 0 Å². The number of nitrogens with zero attached hydrogens (tertiary/aromatic N) is 5. The number of hydrogen-bond acceptors (Lipinski definition) is 8. The predicted molar refractivity (Wildman–Crippen MR) is 200 cm³/mol. The first kappa shape index (κ1) is 35.2. The number of carbonyl (C=O) groups is 1. The molecule has 11 nitrogen and oxygen atoms in total. The number of nitrogens with one attached hydrogen (secondary N) is 2.